The van der Waals surface area contributed by atoms with Crippen molar-refractivity contribution in [2.75, 3.05) is 24.3 Å². The Morgan fingerprint density at radius 1 is 1.14 bits per heavy atom. The normalized spacial score (nSPS) is 13.2. The van der Waals surface area contributed by atoms with Crippen molar-refractivity contribution in [2.24, 2.45) is 0 Å². The first-order valence-corrected chi connectivity index (χ1v) is 9.19. The maximum atomic E-state index is 12.5. The summed E-state index contributed by atoms with van der Waals surface area (Å²) in [6, 6.07) is 11.3. The van der Waals surface area contributed by atoms with Gasteiger partial charge in [0.15, 0.2) is 0 Å². The van der Waals surface area contributed by atoms with Crippen molar-refractivity contribution in [2.45, 2.75) is 18.9 Å². The average Bonchev–Trinajstić information content (AvgIpc) is 3.50. The lowest BCUT2D eigenvalue weighted by Crippen LogP contribution is -2.27. The topological polar surface area (TPSA) is 105 Å². The standard InChI is InChI=1S/C21H22N4O4/c1-24(2)19-11-8-16(13-18(19)21(27)23-15-6-7-15)22-20(26)12-5-14-3-9-17(10-4-14)25(28)29/h3-5,8-13,15H,6-7H2,1-2H3,(H,22,26)(H,23,27)/b12-5+. The summed E-state index contributed by atoms with van der Waals surface area (Å²) in [5, 5.41) is 16.4. The predicted molar refractivity (Wildman–Crippen MR) is 112 cm³/mol. The molecule has 1 aliphatic carbocycles. The summed E-state index contributed by atoms with van der Waals surface area (Å²) in [6.45, 7) is 0. The van der Waals surface area contributed by atoms with E-state index in [9.17, 15) is 19.7 Å². The van der Waals surface area contributed by atoms with Gasteiger partial charge in [-0.05, 0) is 54.8 Å². The molecule has 8 heteroatoms. The van der Waals surface area contributed by atoms with Gasteiger partial charge in [-0.1, -0.05) is 0 Å². The number of carbonyl (C=O) groups excluding carboxylic acids is 2. The van der Waals surface area contributed by atoms with Crippen LogP contribution >= 0.6 is 0 Å². The van der Waals surface area contributed by atoms with Crippen LogP contribution in [0, 0.1) is 10.1 Å². The van der Waals surface area contributed by atoms with E-state index in [1.165, 1.54) is 18.2 Å². The Morgan fingerprint density at radius 2 is 1.83 bits per heavy atom. The first kappa shape index (κ1) is 20.1. The van der Waals surface area contributed by atoms with Crippen molar-refractivity contribution in [1.82, 2.24) is 5.32 Å². The number of nitrogens with one attached hydrogen (secondary N) is 2. The molecule has 3 rings (SSSR count). The monoisotopic (exact) mass is 394 g/mol. The molecule has 1 saturated carbocycles. The Labute approximate surface area is 168 Å². The molecule has 0 radical (unpaired) electrons. The molecule has 150 valence electrons. The molecule has 8 nitrogen and oxygen atoms in total. The lowest BCUT2D eigenvalue weighted by molar-refractivity contribution is -0.384. The van der Waals surface area contributed by atoms with Crippen molar-refractivity contribution in [3.8, 4) is 0 Å². The largest absolute Gasteiger partial charge is 0.377 e. The predicted octanol–water partition coefficient (Wildman–Crippen LogP) is 3.20. The Balaban J connectivity index is 1.70. The molecule has 1 aliphatic rings. The molecule has 1 fully saturated rings. The van der Waals surface area contributed by atoms with Crippen LogP contribution in [-0.4, -0.2) is 36.9 Å². The molecule has 29 heavy (non-hydrogen) atoms. The summed E-state index contributed by atoms with van der Waals surface area (Å²) in [5.74, 6) is -0.525. The Kier molecular flexibility index (Phi) is 5.92. The van der Waals surface area contributed by atoms with Gasteiger partial charge in [0.2, 0.25) is 5.91 Å². The second kappa shape index (κ2) is 8.55. The summed E-state index contributed by atoms with van der Waals surface area (Å²) in [4.78, 5) is 36.8. The third-order valence-corrected chi connectivity index (χ3v) is 4.43. The average molecular weight is 394 g/mol. The lowest BCUT2D eigenvalue weighted by Gasteiger charge is -2.18. The van der Waals surface area contributed by atoms with Gasteiger partial charge in [0.25, 0.3) is 11.6 Å². The Bertz CT molecular complexity index is 963. The molecule has 0 atom stereocenters. The number of carbonyl (C=O) groups is 2. The van der Waals surface area contributed by atoms with Gasteiger partial charge in [0, 0.05) is 49.7 Å². The molecular formula is C21H22N4O4. The fourth-order valence-electron chi connectivity index (χ4n) is 2.74. The van der Waals surface area contributed by atoms with Crippen LogP contribution in [0.2, 0.25) is 0 Å². The van der Waals surface area contributed by atoms with E-state index < -0.39 is 4.92 Å². The molecule has 0 saturated heterocycles. The second-order valence-corrected chi connectivity index (χ2v) is 7.05. The van der Waals surface area contributed by atoms with Crippen molar-refractivity contribution < 1.29 is 14.5 Å². The van der Waals surface area contributed by atoms with E-state index in [-0.39, 0.29) is 23.5 Å². The molecule has 2 N–H and O–H groups in total. The van der Waals surface area contributed by atoms with Crippen LogP contribution in [0.4, 0.5) is 17.1 Å². The number of hydrogen-bond acceptors (Lipinski definition) is 5. The number of benzene rings is 2. The number of non-ortho nitro benzene ring substituents is 1. The summed E-state index contributed by atoms with van der Waals surface area (Å²) in [5.41, 5.74) is 2.43. The van der Waals surface area contributed by atoms with Gasteiger partial charge in [-0.15, -0.1) is 0 Å². The molecular weight excluding hydrogens is 372 g/mol. The first-order valence-electron chi connectivity index (χ1n) is 9.19. The second-order valence-electron chi connectivity index (χ2n) is 7.05. The Hall–Kier alpha value is -3.68. The molecule has 0 aliphatic heterocycles. The minimum Gasteiger partial charge on any atom is -0.377 e. The molecule has 0 unspecified atom stereocenters. The number of rotatable bonds is 7. The van der Waals surface area contributed by atoms with E-state index in [1.54, 1.807) is 36.4 Å². The highest BCUT2D eigenvalue weighted by molar-refractivity contribution is 6.05. The third kappa shape index (κ3) is 5.41. The first-order chi connectivity index (χ1) is 13.8. The van der Waals surface area contributed by atoms with Gasteiger partial charge >= 0.3 is 0 Å². The summed E-state index contributed by atoms with van der Waals surface area (Å²) in [7, 11) is 3.71. The van der Waals surface area contributed by atoms with Gasteiger partial charge in [-0.25, -0.2) is 0 Å². The highest BCUT2D eigenvalue weighted by atomic mass is 16.6. The van der Waals surface area contributed by atoms with E-state index >= 15 is 0 Å². The minimum absolute atomic E-state index is 0.00964. The zero-order valence-corrected chi connectivity index (χ0v) is 16.2. The number of nitrogens with zero attached hydrogens (tertiary/aromatic N) is 2. The van der Waals surface area contributed by atoms with Gasteiger partial charge in [-0.2, -0.15) is 0 Å². The SMILES string of the molecule is CN(C)c1ccc(NC(=O)/C=C/c2ccc([N+](=O)[O-])cc2)cc1C(=O)NC1CC1. The highest BCUT2D eigenvalue weighted by Crippen LogP contribution is 2.25. The maximum Gasteiger partial charge on any atom is 0.269 e. The van der Waals surface area contributed by atoms with E-state index in [0.717, 1.165) is 18.5 Å². The van der Waals surface area contributed by atoms with E-state index in [1.807, 2.05) is 19.0 Å². The van der Waals surface area contributed by atoms with Crippen molar-refractivity contribution in [1.29, 1.82) is 0 Å². The molecule has 2 aromatic rings. The Morgan fingerprint density at radius 3 is 2.41 bits per heavy atom. The minimum atomic E-state index is -0.478. The number of nitro groups is 1. The number of nitro benzene ring substituents is 1. The van der Waals surface area contributed by atoms with Crippen LogP contribution in [0.3, 0.4) is 0 Å². The van der Waals surface area contributed by atoms with Crippen molar-refractivity contribution in [3.63, 3.8) is 0 Å². The molecule has 0 aromatic heterocycles. The molecule has 0 bridgehead atoms. The van der Waals surface area contributed by atoms with E-state index in [2.05, 4.69) is 10.6 Å². The van der Waals surface area contributed by atoms with Crippen LogP contribution in [0.15, 0.2) is 48.5 Å². The fraction of sp³-hybridized carbons (Fsp3) is 0.238. The number of anilines is 2. The van der Waals surface area contributed by atoms with E-state index in [4.69, 9.17) is 0 Å². The third-order valence-electron chi connectivity index (χ3n) is 4.43. The summed E-state index contributed by atoms with van der Waals surface area (Å²) < 4.78 is 0. The van der Waals surface area contributed by atoms with Crippen molar-refractivity contribution >= 4 is 35.0 Å². The highest BCUT2D eigenvalue weighted by Gasteiger charge is 2.25. The van der Waals surface area contributed by atoms with Crippen LogP contribution < -0.4 is 15.5 Å². The van der Waals surface area contributed by atoms with Crippen LogP contribution in [0.1, 0.15) is 28.8 Å². The molecule has 2 amide bonds. The van der Waals surface area contributed by atoms with Crippen LogP contribution in [0.5, 0.6) is 0 Å². The molecule has 0 heterocycles. The van der Waals surface area contributed by atoms with Crippen LogP contribution in [0.25, 0.3) is 6.08 Å². The molecule has 2 aromatic carbocycles. The quantitative estimate of drug-likeness (QED) is 0.426. The van der Waals surface area contributed by atoms with E-state index in [0.29, 0.717) is 16.8 Å². The van der Waals surface area contributed by atoms with Gasteiger partial charge in [0.1, 0.15) is 0 Å². The zero-order chi connectivity index (χ0) is 21.0. The smallest absolute Gasteiger partial charge is 0.269 e. The summed E-state index contributed by atoms with van der Waals surface area (Å²) in [6.07, 6.45) is 4.89. The van der Waals surface area contributed by atoms with Crippen molar-refractivity contribution in [3.05, 3.63) is 69.8 Å². The number of amides is 2. The van der Waals surface area contributed by atoms with Gasteiger partial charge in [0.05, 0.1) is 10.5 Å². The van der Waals surface area contributed by atoms with Gasteiger partial charge in [-0.3, -0.25) is 19.7 Å². The zero-order valence-electron chi connectivity index (χ0n) is 16.2. The maximum absolute atomic E-state index is 12.5. The van der Waals surface area contributed by atoms with Gasteiger partial charge < -0.3 is 15.5 Å². The van der Waals surface area contributed by atoms with Crippen LogP contribution in [-0.2, 0) is 4.79 Å². The molecule has 0 spiro atoms. The summed E-state index contributed by atoms with van der Waals surface area (Å²) >= 11 is 0. The fourth-order valence-corrected chi connectivity index (χ4v) is 2.74. The number of hydrogen-bond donors (Lipinski definition) is 2. The lowest BCUT2D eigenvalue weighted by atomic mass is 10.1.